The van der Waals surface area contributed by atoms with E-state index in [2.05, 4.69) is 28.7 Å². The molecule has 0 spiro atoms. The molecule has 0 amide bonds. The smallest absolute Gasteiger partial charge is 0.275 e. The molecular weight excluding hydrogens is 563 g/mol. The Bertz CT molecular complexity index is 1570. The predicted molar refractivity (Wildman–Crippen MR) is 152 cm³/mol. The van der Waals surface area contributed by atoms with Crippen LogP contribution >= 0.6 is 22.6 Å². The second-order valence-corrected chi connectivity index (χ2v) is 10.2. The molecule has 0 saturated carbocycles. The zero-order chi connectivity index (χ0) is 25.6. The Morgan fingerprint density at radius 1 is 0.639 bits per heavy atom. The second-order valence-electron chi connectivity index (χ2n) is 8.94. The number of nitrogens with zero attached hydrogens (tertiary/aromatic N) is 4. The van der Waals surface area contributed by atoms with Crippen LogP contribution in [0.2, 0.25) is 0 Å². The van der Waals surface area contributed by atoms with E-state index in [1.165, 1.54) is 0 Å². The Morgan fingerprint density at radius 2 is 1.08 bits per heavy atom. The molecule has 0 fully saturated rings. The summed E-state index contributed by atoms with van der Waals surface area (Å²) in [6.45, 7) is 3.90. The van der Waals surface area contributed by atoms with Crippen molar-refractivity contribution in [2.24, 2.45) is 14.1 Å². The molecule has 36 heavy (non-hydrogen) atoms. The maximum Gasteiger partial charge on any atom is 0.275 e. The fraction of sp³-hybridized carbons (Fsp3) is 0.172. The highest BCUT2D eigenvalue weighted by Gasteiger charge is 2.32. The minimum Gasteiger partial charge on any atom is -0.285 e. The lowest BCUT2D eigenvalue weighted by molar-refractivity contribution is 0.630. The van der Waals surface area contributed by atoms with Crippen LogP contribution in [0.4, 0.5) is 0 Å². The van der Waals surface area contributed by atoms with Crippen LogP contribution in [-0.4, -0.2) is 18.7 Å². The summed E-state index contributed by atoms with van der Waals surface area (Å²) >= 11 is 2.28. The Hall–Kier alpha value is -3.59. The predicted octanol–water partition coefficient (Wildman–Crippen LogP) is 5.07. The summed E-state index contributed by atoms with van der Waals surface area (Å²) < 4.78 is 8.16. The van der Waals surface area contributed by atoms with Crippen LogP contribution in [0.1, 0.15) is 34.0 Å². The SMILES string of the molecule is Cc1c(C(c2cccc(I)c2)c2c(C)n(C)n(-c3ccccc3)c2=O)c(=O)n(-c2ccccc2)n1C. The highest BCUT2D eigenvalue weighted by Crippen LogP contribution is 2.34. The Kier molecular flexibility index (Phi) is 6.34. The first-order valence-corrected chi connectivity index (χ1v) is 12.8. The number of hydrogen-bond acceptors (Lipinski definition) is 2. The van der Waals surface area contributed by atoms with Gasteiger partial charge in [0.1, 0.15) is 0 Å². The number of halogens is 1. The van der Waals surface area contributed by atoms with Crippen molar-refractivity contribution in [3.8, 4) is 11.4 Å². The molecule has 182 valence electrons. The number of aromatic nitrogens is 4. The van der Waals surface area contributed by atoms with Gasteiger partial charge in [0.2, 0.25) is 0 Å². The lowest BCUT2D eigenvalue weighted by atomic mass is 9.85. The lowest BCUT2D eigenvalue weighted by Gasteiger charge is -2.17. The molecule has 0 aliphatic rings. The van der Waals surface area contributed by atoms with Crippen LogP contribution < -0.4 is 11.1 Å². The average molecular weight is 590 g/mol. The van der Waals surface area contributed by atoms with E-state index in [9.17, 15) is 9.59 Å². The van der Waals surface area contributed by atoms with Gasteiger partial charge in [-0.15, -0.1) is 0 Å². The molecule has 0 radical (unpaired) electrons. The minimum atomic E-state index is -0.521. The van der Waals surface area contributed by atoms with Crippen LogP contribution in [0, 0.1) is 17.4 Å². The van der Waals surface area contributed by atoms with Crippen molar-refractivity contribution in [3.05, 3.63) is 137 Å². The molecule has 0 atom stereocenters. The van der Waals surface area contributed by atoms with Crippen molar-refractivity contribution in [2.45, 2.75) is 19.8 Å². The third-order valence-electron chi connectivity index (χ3n) is 6.96. The maximum atomic E-state index is 14.1. The molecule has 0 N–H and O–H groups in total. The molecule has 5 rings (SSSR count). The van der Waals surface area contributed by atoms with Gasteiger partial charge in [-0.25, -0.2) is 9.36 Å². The number of para-hydroxylation sites is 2. The first-order valence-electron chi connectivity index (χ1n) is 11.7. The Labute approximate surface area is 223 Å². The van der Waals surface area contributed by atoms with E-state index in [4.69, 9.17) is 0 Å². The molecule has 0 aliphatic heterocycles. The molecule has 2 aromatic heterocycles. The highest BCUT2D eigenvalue weighted by molar-refractivity contribution is 14.1. The number of hydrogen-bond donors (Lipinski definition) is 0. The van der Waals surface area contributed by atoms with Crippen LogP contribution in [-0.2, 0) is 14.1 Å². The summed E-state index contributed by atoms with van der Waals surface area (Å²) in [4.78, 5) is 28.2. The van der Waals surface area contributed by atoms with Gasteiger partial charge in [0.05, 0.1) is 22.5 Å². The summed E-state index contributed by atoms with van der Waals surface area (Å²) in [6, 6.07) is 27.3. The molecule has 0 unspecified atom stereocenters. The molecule has 6 nitrogen and oxygen atoms in total. The van der Waals surface area contributed by atoms with E-state index in [0.717, 1.165) is 31.9 Å². The zero-order valence-corrected chi connectivity index (χ0v) is 22.8. The van der Waals surface area contributed by atoms with E-state index < -0.39 is 5.92 Å². The molecule has 3 aromatic carbocycles. The van der Waals surface area contributed by atoms with Gasteiger partial charge >= 0.3 is 0 Å². The Morgan fingerprint density at radius 3 is 1.50 bits per heavy atom. The van der Waals surface area contributed by atoms with Gasteiger partial charge in [-0.2, -0.15) is 0 Å². The quantitative estimate of drug-likeness (QED) is 0.269. The fourth-order valence-electron chi connectivity index (χ4n) is 5.01. The van der Waals surface area contributed by atoms with E-state index >= 15 is 0 Å². The Balaban J connectivity index is 1.85. The van der Waals surface area contributed by atoms with Crippen LogP contribution in [0.15, 0.2) is 94.5 Å². The van der Waals surface area contributed by atoms with E-state index in [1.54, 1.807) is 9.36 Å². The fourth-order valence-corrected chi connectivity index (χ4v) is 5.57. The van der Waals surface area contributed by atoms with Gasteiger partial charge in [-0.3, -0.25) is 19.0 Å². The zero-order valence-electron chi connectivity index (χ0n) is 20.6. The molecule has 0 bridgehead atoms. The monoisotopic (exact) mass is 590 g/mol. The van der Waals surface area contributed by atoms with Gasteiger partial charge in [-0.1, -0.05) is 48.5 Å². The molecule has 0 aliphatic carbocycles. The summed E-state index contributed by atoms with van der Waals surface area (Å²) in [5, 5.41) is 0. The van der Waals surface area contributed by atoms with Crippen LogP contribution in [0.5, 0.6) is 0 Å². The topological polar surface area (TPSA) is 53.9 Å². The summed E-state index contributed by atoms with van der Waals surface area (Å²) in [5.41, 5.74) is 5.09. The molecule has 5 aromatic rings. The molecule has 7 heteroatoms. The maximum absolute atomic E-state index is 14.1. The van der Waals surface area contributed by atoms with Crippen molar-refractivity contribution in [1.29, 1.82) is 0 Å². The summed E-state index contributed by atoms with van der Waals surface area (Å²) in [6.07, 6.45) is 0. The first-order chi connectivity index (χ1) is 17.3. The van der Waals surface area contributed by atoms with Crippen molar-refractivity contribution in [3.63, 3.8) is 0 Å². The van der Waals surface area contributed by atoms with E-state index in [0.29, 0.717) is 11.1 Å². The van der Waals surface area contributed by atoms with Crippen molar-refractivity contribution < 1.29 is 0 Å². The summed E-state index contributed by atoms with van der Waals surface area (Å²) in [7, 11) is 3.78. The standard InChI is InChI=1S/C29H27IN4O2/c1-19-25(28(35)33(31(19)3)23-14-7-5-8-15-23)27(21-12-11-13-22(30)18-21)26-20(2)32(4)34(29(26)36)24-16-9-6-10-17-24/h5-18,27H,1-4H3. The van der Waals surface area contributed by atoms with Crippen molar-refractivity contribution in [1.82, 2.24) is 18.7 Å². The van der Waals surface area contributed by atoms with Gasteiger partial charge in [0, 0.05) is 35.0 Å². The lowest BCUT2D eigenvalue weighted by Crippen LogP contribution is -2.26. The average Bonchev–Trinajstić information content (AvgIpc) is 3.24. The van der Waals surface area contributed by atoms with Crippen molar-refractivity contribution >= 4 is 22.6 Å². The van der Waals surface area contributed by atoms with Gasteiger partial charge in [0.25, 0.3) is 11.1 Å². The summed E-state index contributed by atoms with van der Waals surface area (Å²) in [5.74, 6) is -0.521. The van der Waals surface area contributed by atoms with Crippen LogP contribution in [0.25, 0.3) is 11.4 Å². The second kappa shape index (κ2) is 9.46. The van der Waals surface area contributed by atoms with E-state index in [-0.39, 0.29) is 11.1 Å². The van der Waals surface area contributed by atoms with Crippen molar-refractivity contribution in [2.75, 3.05) is 0 Å². The normalized spacial score (nSPS) is 11.4. The minimum absolute atomic E-state index is 0.126. The molecular formula is C29H27IN4O2. The van der Waals surface area contributed by atoms with E-state index in [1.807, 2.05) is 116 Å². The molecule has 2 heterocycles. The highest BCUT2D eigenvalue weighted by atomic mass is 127. The first kappa shape index (κ1) is 24.1. The number of rotatable bonds is 5. The third-order valence-corrected chi connectivity index (χ3v) is 7.63. The largest absolute Gasteiger partial charge is 0.285 e. The van der Waals surface area contributed by atoms with Crippen LogP contribution in [0.3, 0.4) is 0 Å². The van der Waals surface area contributed by atoms with Gasteiger partial charge in [0.15, 0.2) is 0 Å². The van der Waals surface area contributed by atoms with Gasteiger partial charge in [-0.05, 0) is 78.4 Å². The molecule has 0 saturated heterocycles. The third kappa shape index (κ3) is 3.87. The number of benzene rings is 3. The van der Waals surface area contributed by atoms with Gasteiger partial charge < -0.3 is 0 Å².